The first-order chi connectivity index (χ1) is 16.0. The fourth-order valence-electron chi connectivity index (χ4n) is 4.28. The zero-order valence-corrected chi connectivity index (χ0v) is 21.7. The van der Waals surface area contributed by atoms with Crippen molar-refractivity contribution in [2.75, 3.05) is 25.6 Å². The summed E-state index contributed by atoms with van der Waals surface area (Å²) in [5.41, 5.74) is 6.46. The number of hydrogen-bond donors (Lipinski definition) is 1. The molecule has 0 saturated heterocycles. The standard InChI is InChI=1S/C15H21NO4S.C10H16O3/c1-4-19-13(17)11-9-6-7-15(3,14(18)20-5-2)8-10(9)21-12(11)16;1-3-13-9(12)10(2)6-4-8(11)5-7-10/h4-8,16H2,1-3H3;3-7H2,1-2H3. The van der Waals surface area contributed by atoms with E-state index >= 15 is 0 Å². The highest BCUT2D eigenvalue weighted by Crippen LogP contribution is 2.43. The van der Waals surface area contributed by atoms with Crippen LogP contribution in [0, 0.1) is 10.8 Å². The maximum Gasteiger partial charge on any atom is 0.341 e. The lowest BCUT2D eigenvalue weighted by Crippen LogP contribution is -2.35. The van der Waals surface area contributed by atoms with Crippen molar-refractivity contribution in [3.8, 4) is 0 Å². The van der Waals surface area contributed by atoms with Crippen molar-refractivity contribution in [2.45, 2.75) is 79.6 Å². The van der Waals surface area contributed by atoms with E-state index in [0.29, 0.717) is 75.3 Å². The Hall–Kier alpha value is -2.42. The molecule has 190 valence electrons. The number of nitrogen functional groups attached to an aromatic ring is 1. The number of thiophene rings is 1. The van der Waals surface area contributed by atoms with E-state index in [1.807, 2.05) is 13.8 Å². The van der Waals surface area contributed by atoms with Gasteiger partial charge in [-0.05, 0) is 72.3 Å². The molecule has 2 aliphatic rings. The molecule has 1 aromatic rings. The normalized spacial score (nSPS) is 20.9. The van der Waals surface area contributed by atoms with Gasteiger partial charge in [0.05, 0.1) is 36.2 Å². The lowest BCUT2D eigenvalue weighted by Gasteiger charge is -2.31. The highest BCUT2D eigenvalue weighted by atomic mass is 32.1. The molecule has 34 heavy (non-hydrogen) atoms. The molecule has 1 aromatic heterocycles. The highest BCUT2D eigenvalue weighted by molar-refractivity contribution is 7.16. The van der Waals surface area contributed by atoms with Gasteiger partial charge < -0.3 is 19.9 Å². The zero-order chi connectivity index (χ0) is 25.5. The van der Waals surface area contributed by atoms with Crippen molar-refractivity contribution in [3.05, 3.63) is 16.0 Å². The Morgan fingerprint density at radius 2 is 1.35 bits per heavy atom. The zero-order valence-electron chi connectivity index (χ0n) is 20.9. The molecule has 1 saturated carbocycles. The van der Waals surface area contributed by atoms with E-state index in [2.05, 4.69) is 0 Å². The smallest absolute Gasteiger partial charge is 0.341 e. The fourth-order valence-corrected chi connectivity index (χ4v) is 5.57. The van der Waals surface area contributed by atoms with Gasteiger partial charge in [-0.15, -0.1) is 11.3 Å². The molecule has 0 aromatic carbocycles. The molecule has 0 radical (unpaired) electrons. The molecule has 0 bridgehead atoms. The third-order valence-corrected chi connectivity index (χ3v) is 7.58. The summed E-state index contributed by atoms with van der Waals surface area (Å²) in [5.74, 6) is -0.434. The van der Waals surface area contributed by atoms with Crippen LogP contribution in [0.3, 0.4) is 0 Å². The summed E-state index contributed by atoms with van der Waals surface area (Å²) in [7, 11) is 0. The minimum Gasteiger partial charge on any atom is -0.466 e. The maximum atomic E-state index is 12.1. The molecule has 0 amide bonds. The summed E-state index contributed by atoms with van der Waals surface area (Å²) < 4.78 is 15.2. The molecule has 9 heteroatoms. The number of nitrogens with two attached hydrogens (primary N) is 1. The van der Waals surface area contributed by atoms with Crippen LogP contribution in [0.4, 0.5) is 5.00 Å². The van der Waals surface area contributed by atoms with Gasteiger partial charge in [0.25, 0.3) is 0 Å². The number of fused-ring (bicyclic) bond motifs is 1. The van der Waals surface area contributed by atoms with Crippen LogP contribution in [0.5, 0.6) is 0 Å². The topological polar surface area (TPSA) is 122 Å². The molecule has 2 aliphatic carbocycles. The summed E-state index contributed by atoms with van der Waals surface area (Å²) in [5, 5.41) is 0.478. The van der Waals surface area contributed by atoms with Gasteiger partial charge in [-0.2, -0.15) is 0 Å². The molecular formula is C25H37NO7S. The molecule has 8 nitrogen and oxygen atoms in total. The highest BCUT2D eigenvalue weighted by Gasteiger charge is 2.41. The van der Waals surface area contributed by atoms with Crippen LogP contribution in [0.25, 0.3) is 0 Å². The van der Waals surface area contributed by atoms with E-state index in [4.69, 9.17) is 19.9 Å². The van der Waals surface area contributed by atoms with Crippen molar-refractivity contribution in [3.63, 3.8) is 0 Å². The van der Waals surface area contributed by atoms with Crippen molar-refractivity contribution < 1.29 is 33.4 Å². The lowest BCUT2D eigenvalue weighted by atomic mass is 9.75. The number of esters is 3. The summed E-state index contributed by atoms with van der Waals surface area (Å²) >= 11 is 1.38. The van der Waals surface area contributed by atoms with E-state index in [1.54, 1.807) is 20.8 Å². The number of ketones is 1. The number of Topliss-reactive ketones (excluding diaryl/α,β-unsaturated/α-hetero) is 1. The Balaban J connectivity index is 0.000000270. The maximum absolute atomic E-state index is 12.1. The summed E-state index contributed by atoms with van der Waals surface area (Å²) in [6, 6.07) is 0. The number of ether oxygens (including phenoxy) is 3. The first-order valence-corrected chi connectivity index (χ1v) is 12.8. The molecule has 1 heterocycles. The second-order valence-electron chi connectivity index (χ2n) is 9.24. The van der Waals surface area contributed by atoms with E-state index < -0.39 is 10.8 Å². The molecule has 0 aliphatic heterocycles. The van der Waals surface area contributed by atoms with E-state index in [0.717, 1.165) is 10.4 Å². The van der Waals surface area contributed by atoms with Gasteiger partial charge in [-0.3, -0.25) is 14.4 Å². The third kappa shape index (κ3) is 6.37. The van der Waals surface area contributed by atoms with Crippen LogP contribution in [-0.4, -0.2) is 43.5 Å². The summed E-state index contributed by atoms with van der Waals surface area (Å²) in [6.45, 7) is 10.3. The van der Waals surface area contributed by atoms with Gasteiger partial charge >= 0.3 is 17.9 Å². The fraction of sp³-hybridized carbons (Fsp3) is 0.680. The average Bonchev–Trinajstić information content (AvgIpc) is 3.11. The second-order valence-corrected chi connectivity index (χ2v) is 10.4. The van der Waals surface area contributed by atoms with Crippen molar-refractivity contribution >= 4 is 40.0 Å². The van der Waals surface area contributed by atoms with Gasteiger partial charge in [0.15, 0.2) is 0 Å². The van der Waals surface area contributed by atoms with Crippen molar-refractivity contribution in [1.29, 1.82) is 0 Å². The van der Waals surface area contributed by atoms with E-state index in [9.17, 15) is 19.2 Å². The number of carbonyl (C=O) groups excluding carboxylic acids is 4. The monoisotopic (exact) mass is 495 g/mol. The summed E-state index contributed by atoms with van der Waals surface area (Å²) in [6.07, 6.45) is 4.20. The number of rotatable bonds is 6. The molecule has 3 rings (SSSR count). The Morgan fingerprint density at radius 1 is 0.853 bits per heavy atom. The summed E-state index contributed by atoms with van der Waals surface area (Å²) in [4.78, 5) is 47.6. The predicted octanol–water partition coefficient (Wildman–Crippen LogP) is 4.26. The van der Waals surface area contributed by atoms with Crippen LogP contribution in [0.1, 0.15) is 87.5 Å². The predicted molar refractivity (Wildman–Crippen MR) is 130 cm³/mol. The van der Waals surface area contributed by atoms with Crippen LogP contribution < -0.4 is 5.73 Å². The minimum absolute atomic E-state index is 0.150. The van der Waals surface area contributed by atoms with Gasteiger partial charge in [0.2, 0.25) is 0 Å². The quantitative estimate of drug-likeness (QED) is 0.459. The van der Waals surface area contributed by atoms with Crippen LogP contribution in [0.2, 0.25) is 0 Å². The Kier molecular flexibility index (Phi) is 9.67. The van der Waals surface area contributed by atoms with Crippen LogP contribution in [-0.2, 0) is 41.4 Å². The van der Waals surface area contributed by atoms with Crippen molar-refractivity contribution in [2.24, 2.45) is 10.8 Å². The first kappa shape index (κ1) is 27.8. The molecule has 1 atom stereocenters. The van der Waals surface area contributed by atoms with Gasteiger partial charge in [-0.25, -0.2) is 4.79 Å². The van der Waals surface area contributed by atoms with E-state index in [-0.39, 0.29) is 23.7 Å². The van der Waals surface area contributed by atoms with Gasteiger partial charge in [0.1, 0.15) is 10.8 Å². The van der Waals surface area contributed by atoms with Crippen LogP contribution >= 0.6 is 11.3 Å². The second kappa shape index (κ2) is 11.8. The first-order valence-electron chi connectivity index (χ1n) is 11.9. The Bertz CT molecular complexity index is 913. The largest absolute Gasteiger partial charge is 0.466 e. The molecule has 1 fully saturated rings. The van der Waals surface area contributed by atoms with E-state index in [1.165, 1.54) is 11.3 Å². The average molecular weight is 496 g/mol. The number of hydrogen-bond acceptors (Lipinski definition) is 9. The number of carbonyl (C=O) groups is 4. The number of anilines is 1. The van der Waals surface area contributed by atoms with Gasteiger partial charge in [0, 0.05) is 17.7 Å². The molecule has 2 N–H and O–H groups in total. The molecule has 0 spiro atoms. The third-order valence-electron chi connectivity index (χ3n) is 6.52. The van der Waals surface area contributed by atoms with Crippen molar-refractivity contribution in [1.82, 2.24) is 0 Å². The SMILES string of the molecule is CCOC(=O)C1(C)CCC(=O)CC1.CCOC(=O)c1c(N)sc2c1CCC(C)(C(=O)OCC)C2. The lowest BCUT2D eigenvalue weighted by molar-refractivity contribution is -0.157. The Labute approximate surface area is 205 Å². The molecular weight excluding hydrogens is 458 g/mol. The Morgan fingerprint density at radius 3 is 1.88 bits per heavy atom. The molecule has 1 unspecified atom stereocenters. The van der Waals surface area contributed by atoms with Crippen LogP contribution in [0.15, 0.2) is 0 Å². The minimum atomic E-state index is -0.535. The van der Waals surface area contributed by atoms with Gasteiger partial charge in [-0.1, -0.05) is 0 Å².